The molecule has 0 fully saturated rings. The molecule has 0 aromatic heterocycles. The molecule has 0 bridgehead atoms. The van der Waals surface area contributed by atoms with E-state index in [-0.39, 0.29) is 34.2 Å². The van der Waals surface area contributed by atoms with E-state index in [0.717, 1.165) is 19.2 Å². The standard InChI is InChI=1S/C27H22F6O2/c1-16(2)13-23(25(34)35-3)22-15-19(17-9-11-20(12-10-17)26(28,29)30)14-21(24(22)27(31,32)33)18-7-5-4-6-8-18/h4-12,14-15,23H,1,13H2,2-3H3. The van der Waals surface area contributed by atoms with Gasteiger partial charge < -0.3 is 4.74 Å². The van der Waals surface area contributed by atoms with E-state index in [9.17, 15) is 31.1 Å². The minimum absolute atomic E-state index is 0.0968. The van der Waals surface area contributed by atoms with E-state index in [0.29, 0.717) is 5.57 Å². The Labute approximate surface area is 198 Å². The summed E-state index contributed by atoms with van der Waals surface area (Å²) >= 11 is 0. The van der Waals surface area contributed by atoms with Gasteiger partial charge >= 0.3 is 18.3 Å². The smallest absolute Gasteiger partial charge is 0.417 e. The van der Waals surface area contributed by atoms with Crippen molar-refractivity contribution >= 4 is 5.97 Å². The Morgan fingerprint density at radius 2 is 1.46 bits per heavy atom. The van der Waals surface area contributed by atoms with Gasteiger partial charge in [0.25, 0.3) is 0 Å². The molecule has 3 aromatic rings. The third-order valence-electron chi connectivity index (χ3n) is 5.50. The fraction of sp³-hybridized carbons (Fsp3) is 0.222. The van der Waals surface area contributed by atoms with E-state index >= 15 is 0 Å². The van der Waals surface area contributed by atoms with Crippen LogP contribution in [-0.2, 0) is 21.9 Å². The van der Waals surface area contributed by atoms with Crippen LogP contribution in [0.2, 0.25) is 0 Å². The van der Waals surface area contributed by atoms with Crippen LogP contribution in [-0.4, -0.2) is 13.1 Å². The molecule has 1 unspecified atom stereocenters. The van der Waals surface area contributed by atoms with E-state index < -0.39 is 35.4 Å². The maximum Gasteiger partial charge on any atom is 0.417 e. The van der Waals surface area contributed by atoms with Crippen molar-refractivity contribution in [3.05, 3.63) is 95.6 Å². The van der Waals surface area contributed by atoms with Crippen molar-refractivity contribution in [3.63, 3.8) is 0 Å². The summed E-state index contributed by atoms with van der Waals surface area (Å²) in [6.45, 7) is 5.31. The zero-order valence-corrected chi connectivity index (χ0v) is 18.9. The fourth-order valence-electron chi connectivity index (χ4n) is 3.93. The number of ether oxygens (including phenoxy) is 1. The molecule has 8 heteroatoms. The lowest BCUT2D eigenvalue weighted by Gasteiger charge is -2.24. The number of carbonyl (C=O) groups is 1. The molecule has 3 rings (SSSR count). The topological polar surface area (TPSA) is 26.3 Å². The van der Waals surface area contributed by atoms with Gasteiger partial charge in [-0.15, -0.1) is 6.58 Å². The summed E-state index contributed by atoms with van der Waals surface area (Å²) < 4.78 is 87.3. The Morgan fingerprint density at radius 1 is 0.857 bits per heavy atom. The second-order valence-electron chi connectivity index (χ2n) is 8.16. The number of allylic oxidation sites excluding steroid dienone is 1. The molecule has 184 valence electrons. The van der Waals surface area contributed by atoms with Crippen LogP contribution >= 0.6 is 0 Å². The number of carbonyl (C=O) groups excluding carboxylic acids is 1. The number of alkyl halides is 6. The van der Waals surface area contributed by atoms with Crippen LogP contribution in [0.25, 0.3) is 22.3 Å². The van der Waals surface area contributed by atoms with Crippen LogP contribution in [0, 0.1) is 0 Å². The van der Waals surface area contributed by atoms with E-state index in [1.807, 2.05) is 0 Å². The van der Waals surface area contributed by atoms with Crippen LogP contribution < -0.4 is 0 Å². The molecule has 35 heavy (non-hydrogen) atoms. The number of hydrogen-bond donors (Lipinski definition) is 0. The summed E-state index contributed by atoms with van der Waals surface area (Å²) in [6, 6.07) is 14.4. The normalized spacial score (nSPS) is 12.8. The van der Waals surface area contributed by atoms with Crippen molar-refractivity contribution < 1.29 is 35.9 Å². The molecule has 2 nitrogen and oxygen atoms in total. The minimum atomic E-state index is -4.83. The maximum absolute atomic E-state index is 14.5. The predicted molar refractivity (Wildman–Crippen MR) is 122 cm³/mol. The molecule has 0 aliphatic carbocycles. The lowest BCUT2D eigenvalue weighted by Crippen LogP contribution is -2.21. The number of halogens is 6. The van der Waals surface area contributed by atoms with Crippen molar-refractivity contribution in [1.82, 2.24) is 0 Å². The quantitative estimate of drug-likeness (QED) is 0.197. The zero-order valence-electron chi connectivity index (χ0n) is 18.9. The van der Waals surface area contributed by atoms with Gasteiger partial charge in [-0.1, -0.05) is 48.0 Å². The van der Waals surface area contributed by atoms with Crippen molar-refractivity contribution in [2.75, 3.05) is 7.11 Å². The Bertz CT molecular complexity index is 1210. The third kappa shape index (κ3) is 5.93. The number of benzene rings is 3. The molecule has 0 saturated carbocycles. The number of rotatable bonds is 6. The predicted octanol–water partition coefficient (Wildman–Crippen LogP) is 8.28. The first-order valence-corrected chi connectivity index (χ1v) is 10.5. The third-order valence-corrected chi connectivity index (χ3v) is 5.50. The molecule has 0 N–H and O–H groups in total. The first-order valence-electron chi connectivity index (χ1n) is 10.5. The van der Waals surface area contributed by atoms with Crippen molar-refractivity contribution in [1.29, 1.82) is 0 Å². The first-order chi connectivity index (χ1) is 16.3. The van der Waals surface area contributed by atoms with Gasteiger partial charge in [-0.05, 0) is 65.4 Å². The van der Waals surface area contributed by atoms with Crippen LogP contribution in [0.3, 0.4) is 0 Å². The Kier molecular flexibility index (Phi) is 7.43. The summed E-state index contributed by atoms with van der Waals surface area (Å²) in [6.07, 6.45) is -9.49. The highest BCUT2D eigenvalue weighted by atomic mass is 19.4. The molecule has 0 saturated heterocycles. The highest BCUT2D eigenvalue weighted by Crippen LogP contribution is 2.45. The number of methoxy groups -OCH3 is 1. The first kappa shape index (κ1) is 26.1. The van der Waals surface area contributed by atoms with Crippen LogP contribution in [0.15, 0.2) is 78.9 Å². The molecule has 0 amide bonds. The highest BCUT2D eigenvalue weighted by molar-refractivity contribution is 5.84. The van der Waals surface area contributed by atoms with Crippen LogP contribution in [0.4, 0.5) is 26.3 Å². The largest absolute Gasteiger partial charge is 0.469 e. The molecule has 0 aliphatic rings. The van der Waals surface area contributed by atoms with Gasteiger partial charge in [0.15, 0.2) is 0 Å². The summed E-state index contributed by atoms with van der Waals surface area (Å²) in [5.41, 5.74) is -1.20. The van der Waals surface area contributed by atoms with E-state index in [1.165, 1.54) is 36.4 Å². The summed E-state index contributed by atoms with van der Waals surface area (Å²) in [5.74, 6) is -2.19. The zero-order chi connectivity index (χ0) is 26.0. The molecule has 3 aromatic carbocycles. The molecular weight excluding hydrogens is 470 g/mol. The lowest BCUT2D eigenvalue weighted by atomic mass is 9.82. The molecule has 1 atom stereocenters. The second-order valence-corrected chi connectivity index (χ2v) is 8.16. The van der Waals surface area contributed by atoms with Crippen LogP contribution in [0.1, 0.15) is 36.0 Å². The monoisotopic (exact) mass is 492 g/mol. The Morgan fingerprint density at radius 3 is 1.94 bits per heavy atom. The van der Waals surface area contributed by atoms with Gasteiger partial charge in [0.05, 0.1) is 24.2 Å². The Balaban J connectivity index is 2.37. The number of esters is 1. The van der Waals surface area contributed by atoms with E-state index in [4.69, 9.17) is 4.74 Å². The van der Waals surface area contributed by atoms with Crippen molar-refractivity contribution in [2.45, 2.75) is 31.6 Å². The summed E-state index contributed by atoms with van der Waals surface area (Å²) in [7, 11) is 1.08. The average molecular weight is 492 g/mol. The minimum Gasteiger partial charge on any atom is -0.469 e. The van der Waals surface area contributed by atoms with Gasteiger partial charge in [0.1, 0.15) is 0 Å². The summed E-state index contributed by atoms with van der Waals surface area (Å²) in [4.78, 5) is 12.6. The van der Waals surface area contributed by atoms with Crippen molar-refractivity contribution in [2.24, 2.45) is 0 Å². The molecule has 0 spiro atoms. The fourth-order valence-corrected chi connectivity index (χ4v) is 3.93. The highest BCUT2D eigenvalue weighted by Gasteiger charge is 2.40. The van der Waals surface area contributed by atoms with Crippen LogP contribution in [0.5, 0.6) is 0 Å². The van der Waals surface area contributed by atoms with E-state index in [2.05, 4.69) is 6.58 Å². The SMILES string of the molecule is C=C(C)CC(C(=O)OC)c1cc(-c2ccc(C(F)(F)F)cc2)cc(-c2ccccc2)c1C(F)(F)F. The van der Waals surface area contributed by atoms with Gasteiger partial charge in [0, 0.05) is 0 Å². The molecule has 0 radical (unpaired) electrons. The average Bonchev–Trinajstić information content (AvgIpc) is 2.80. The molecule has 0 heterocycles. The molecular formula is C27H22F6O2. The molecule has 0 aliphatic heterocycles. The van der Waals surface area contributed by atoms with Crippen molar-refractivity contribution in [3.8, 4) is 22.3 Å². The Hall–Kier alpha value is -3.55. The van der Waals surface area contributed by atoms with Gasteiger partial charge in [-0.3, -0.25) is 4.79 Å². The maximum atomic E-state index is 14.5. The lowest BCUT2D eigenvalue weighted by molar-refractivity contribution is -0.144. The second kappa shape index (κ2) is 9.98. The van der Waals surface area contributed by atoms with Gasteiger partial charge in [-0.25, -0.2) is 0 Å². The number of hydrogen-bond acceptors (Lipinski definition) is 2. The van der Waals surface area contributed by atoms with E-state index in [1.54, 1.807) is 25.1 Å². The van der Waals surface area contributed by atoms with Gasteiger partial charge in [-0.2, -0.15) is 26.3 Å². The van der Waals surface area contributed by atoms with Gasteiger partial charge in [0.2, 0.25) is 0 Å². The summed E-state index contributed by atoms with van der Waals surface area (Å²) in [5, 5.41) is 0.